The number of fused-ring (bicyclic) bond motifs is 2. The highest BCUT2D eigenvalue weighted by Crippen LogP contribution is 2.61. The number of hydrogen-bond acceptors (Lipinski definition) is 4. The van der Waals surface area contributed by atoms with E-state index in [1.165, 1.54) is 0 Å². The summed E-state index contributed by atoms with van der Waals surface area (Å²) in [5.41, 5.74) is -0.698. The first-order valence-electron chi connectivity index (χ1n) is 7.33. The van der Waals surface area contributed by atoms with E-state index >= 15 is 0 Å². The smallest absolute Gasteiger partial charge is 0.178 e. The summed E-state index contributed by atoms with van der Waals surface area (Å²) in [5.74, 6) is -0.556. The summed E-state index contributed by atoms with van der Waals surface area (Å²) in [6.07, 6.45) is 4.63. The van der Waals surface area contributed by atoms with Gasteiger partial charge in [0.2, 0.25) is 0 Å². The van der Waals surface area contributed by atoms with Gasteiger partial charge in [0.1, 0.15) is 6.07 Å². The lowest BCUT2D eigenvalue weighted by Crippen LogP contribution is -2.60. The molecule has 4 heteroatoms. The Morgan fingerprint density at radius 3 is 2.55 bits per heavy atom. The standard InChI is InChI=1S/C16H21NO3/c1-14(2)12-5-4-6-16(19-7-8-20-16)15(12,3)9-11(10-17)13(14)18/h9,12H,4-8H2,1-3H3/t12?,15-/m0/s1. The fourth-order valence-electron chi connectivity index (χ4n) is 4.56. The average Bonchev–Trinajstić information content (AvgIpc) is 2.87. The van der Waals surface area contributed by atoms with Crippen LogP contribution >= 0.6 is 0 Å². The van der Waals surface area contributed by atoms with E-state index in [0.717, 1.165) is 19.3 Å². The molecule has 0 radical (unpaired) electrons. The van der Waals surface area contributed by atoms with Crippen molar-refractivity contribution in [2.45, 2.75) is 45.8 Å². The second-order valence-electron chi connectivity index (χ2n) is 6.90. The highest BCUT2D eigenvalue weighted by molar-refractivity contribution is 6.04. The minimum absolute atomic E-state index is 0.0440. The summed E-state index contributed by atoms with van der Waals surface area (Å²) >= 11 is 0. The second kappa shape index (κ2) is 4.16. The van der Waals surface area contributed by atoms with Gasteiger partial charge in [-0.2, -0.15) is 5.26 Å². The molecule has 1 saturated carbocycles. The van der Waals surface area contributed by atoms with Gasteiger partial charge in [0.15, 0.2) is 11.6 Å². The van der Waals surface area contributed by atoms with E-state index in [0.29, 0.717) is 13.2 Å². The summed E-state index contributed by atoms with van der Waals surface area (Å²) in [6, 6.07) is 2.07. The van der Waals surface area contributed by atoms with Gasteiger partial charge in [-0.25, -0.2) is 0 Å². The van der Waals surface area contributed by atoms with Gasteiger partial charge in [-0.05, 0) is 18.8 Å². The topological polar surface area (TPSA) is 59.3 Å². The molecule has 2 atom stereocenters. The van der Waals surface area contributed by atoms with Crippen molar-refractivity contribution in [3.63, 3.8) is 0 Å². The third-order valence-corrected chi connectivity index (χ3v) is 5.56. The van der Waals surface area contributed by atoms with Crippen molar-refractivity contribution in [2.24, 2.45) is 16.7 Å². The van der Waals surface area contributed by atoms with Gasteiger partial charge in [-0.3, -0.25) is 4.79 Å². The van der Waals surface area contributed by atoms with Gasteiger partial charge in [-0.1, -0.05) is 26.8 Å². The summed E-state index contributed by atoms with van der Waals surface area (Å²) in [7, 11) is 0. The number of carbonyl (C=O) groups excluding carboxylic acids is 1. The number of nitriles is 1. The number of ketones is 1. The Balaban J connectivity index is 2.18. The number of allylic oxidation sites excluding steroid dienone is 1. The van der Waals surface area contributed by atoms with Crippen LogP contribution in [-0.4, -0.2) is 24.8 Å². The van der Waals surface area contributed by atoms with E-state index in [-0.39, 0.29) is 17.3 Å². The van der Waals surface area contributed by atoms with E-state index in [9.17, 15) is 10.1 Å². The summed E-state index contributed by atoms with van der Waals surface area (Å²) in [6.45, 7) is 7.18. The van der Waals surface area contributed by atoms with Crippen LogP contribution in [0.3, 0.4) is 0 Å². The molecule has 2 aliphatic carbocycles. The minimum atomic E-state index is -0.657. The first-order valence-corrected chi connectivity index (χ1v) is 7.33. The van der Waals surface area contributed by atoms with Crippen molar-refractivity contribution < 1.29 is 14.3 Å². The highest BCUT2D eigenvalue weighted by Gasteiger charge is 2.64. The molecule has 0 aromatic carbocycles. The number of carbonyl (C=O) groups is 1. The van der Waals surface area contributed by atoms with Gasteiger partial charge < -0.3 is 9.47 Å². The Bertz CT molecular complexity index is 522. The van der Waals surface area contributed by atoms with Crippen molar-refractivity contribution in [3.05, 3.63) is 11.6 Å². The fourth-order valence-corrected chi connectivity index (χ4v) is 4.56. The molecule has 1 aliphatic heterocycles. The van der Waals surface area contributed by atoms with Crippen LogP contribution in [0.15, 0.2) is 11.6 Å². The molecule has 1 unspecified atom stereocenters. The molecule has 0 N–H and O–H groups in total. The first kappa shape index (κ1) is 13.8. The van der Waals surface area contributed by atoms with Crippen LogP contribution in [0, 0.1) is 28.1 Å². The number of hydrogen-bond donors (Lipinski definition) is 0. The van der Waals surface area contributed by atoms with Gasteiger partial charge in [0.05, 0.1) is 18.8 Å². The zero-order valence-corrected chi connectivity index (χ0v) is 12.4. The van der Waals surface area contributed by atoms with Crippen molar-refractivity contribution in [2.75, 3.05) is 13.2 Å². The quantitative estimate of drug-likeness (QED) is 0.682. The van der Waals surface area contributed by atoms with E-state index < -0.39 is 16.6 Å². The number of Topliss-reactive ketones (excluding diaryl/α,β-unsaturated/α-hetero) is 1. The molecule has 108 valence electrons. The third-order valence-electron chi connectivity index (χ3n) is 5.56. The molecule has 3 rings (SSSR count). The van der Waals surface area contributed by atoms with Crippen LogP contribution in [0.1, 0.15) is 40.0 Å². The SMILES string of the molecule is CC1(C)C(=O)C(C#N)=C[C@@]2(C)C1CCCC21OCCO1. The van der Waals surface area contributed by atoms with Crippen molar-refractivity contribution >= 4 is 5.78 Å². The number of nitrogens with zero attached hydrogens (tertiary/aromatic N) is 1. The van der Waals surface area contributed by atoms with Crippen LogP contribution < -0.4 is 0 Å². The Kier molecular flexibility index (Phi) is 2.87. The van der Waals surface area contributed by atoms with Crippen LogP contribution in [0.4, 0.5) is 0 Å². The van der Waals surface area contributed by atoms with Crippen LogP contribution in [-0.2, 0) is 14.3 Å². The maximum Gasteiger partial charge on any atom is 0.178 e. The Morgan fingerprint density at radius 1 is 1.30 bits per heavy atom. The summed E-state index contributed by atoms with van der Waals surface area (Å²) in [5, 5.41) is 9.31. The molecule has 1 heterocycles. The molecule has 4 nitrogen and oxygen atoms in total. The zero-order chi connectivity index (χ0) is 14.6. The van der Waals surface area contributed by atoms with Gasteiger partial charge >= 0.3 is 0 Å². The van der Waals surface area contributed by atoms with Crippen LogP contribution in [0.5, 0.6) is 0 Å². The van der Waals surface area contributed by atoms with Crippen molar-refractivity contribution in [1.29, 1.82) is 5.26 Å². The molecule has 20 heavy (non-hydrogen) atoms. The predicted octanol–water partition coefficient (Wildman–Crippen LogP) is 2.59. The van der Waals surface area contributed by atoms with E-state index in [1.807, 2.05) is 19.9 Å². The molecule has 1 spiro atoms. The normalized spacial score (nSPS) is 38.2. The largest absolute Gasteiger partial charge is 0.347 e. The molecular weight excluding hydrogens is 254 g/mol. The molecule has 1 saturated heterocycles. The molecular formula is C16H21NO3. The van der Waals surface area contributed by atoms with E-state index in [2.05, 4.69) is 13.0 Å². The lowest BCUT2D eigenvalue weighted by atomic mass is 9.50. The molecule has 0 aromatic rings. The molecule has 0 amide bonds. The van der Waals surface area contributed by atoms with Gasteiger partial charge in [0.25, 0.3) is 0 Å². The maximum absolute atomic E-state index is 12.5. The van der Waals surface area contributed by atoms with E-state index in [4.69, 9.17) is 9.47 Å². The number of ether oxygens (including phenoxy) is 2. The average molecular weight is 275 g/mol. The van der Waals surface area contributed by atoms with Crippen LogP contribution in [0.2, 0.25) is 0 Å². The summed E-state index contributed by atoms with van der Waals surface area (Å²) < 4.78 is 12.0. The van der Waals surface area contributed by atoms with Crippen molar-refractivity contribution in [1.82, 2.24) is 0 Å². The zero-order valence-electron chi connectivity index (χ0n) is 12.4. The Morgan fingerprint density at radius 2 is 1.95 bits per heavy atom. The predicted molar refractivity (Wildman–Crippen MR) is 72.6 cm³/mol. The minimum Gasteiger partial charge on any atom is -0.347 e. The monoisotopic (exact) mass is 275 g/mol. The van der Waals surface area contributed by atoms with Crippen LogP contribution in [0.25, 0.3) is 0 Å². The van der Waals surface area contributed by atoms with E-state index in [1.54, 1.807) is 0 Å². The van der Waals surface area contributed by atoms with Gasteiger partial charge in [-0.15, -0.1) is 0 Å². The Labute approximate surface area is 119 Å². The number of rotatable bonds is 0. The van der Waals surface area contributed by atoms with Crippen molar-refractivity contribution in [3.8, 4) is 6.07 Å². The van der Waals surface area contributed by atoms with Gasteiger partial charge in [0, 0.05) is 17.3 Å². The Hall–Kier alpha value is -1.18. The lowest BCUT2D eigenvalue weighted by molar-refractivity contribution is -0.262. The first-order chi connectivity index (χ1) is 9.37. The third kappa shape index (κ3) is 1.51. The molecule has 2 fully saturated rings. The molecule has 0 bridgehead atoms. The fraction of sp³-hybridized carbons (Fsp3) is 0.750. The second-order valence-corrected chi connectivity index (χ2v) is 6.90. The highest BCUT2D eigenvalue weighted by atomic mass is 16.7. The molecule has 0 aromatic heterocycles. The molecule has 3 aliphatic rings. The maximum atomic E-state index is 12.5. The summed E-state index contributed by atoms with van der Waals surface area (Å²) in [4.78, 5) is 12.5. The lowest BCUT2D eigenvalue weighted by Gasteiger charge is -2.57.